The fourth-order valence-electron chi connectivity index (χ4n) is 3.16. The van der Waals surface area contributed by atoms with Gasteiger partial charge in [-0.3, -0.25) is 9.59 Å². The van der Waals surface area contributed by atoms with Crippen molar-refractivity contribution in [3.05, 3.63) is 60.2 Å². The third-order valence-electron chi connectivity index (χ3n) is 4.85. The SMILES string of the molecule is O=CC[C@H](NC(=O)c1ccc(-c2ccccc2)cc1)C(=O)N1CCS(=O)(=O)CC1. The molecule has 1 N–H and O–H groups in total. The van der Waals surface area contributed by atoms with E-state index in [1.807, 2.05) is 42.5 Å². The number of carbonyl (C=O) groups excluding carboxylic acids is 3. The summed E-state index contributed by atoms with van der Waals surface area (Å²) in [6, 6.07) is 15.6. The quantitative estimate of drug-likeness (QED) is 0.718. The van der Waals surface area contributed by atoms with Gasteiger partial charge in [0.15, 0.2) is 9.84 Å². The minimum Gasteiger partial charge on any atom is -0.340 e. The molecule has 2 aromatic rings. The molecule has 1 atom stereocenters. The van der Waals surface area contributed by atoms with E-state index in [4.69, 9.17) is 0 Å². The second-order valence-electron chi connectivity index (χ2n) is 6.85. The van der Waals surface area contributed by atoms with Crippen molar-refractivity contribution in [3.63, 3.8) is 0 Å². The number of hydrogen-bond donors (Lipinski definition) is 1. The molecule has 8 heteroatoms. The third-order valence-corrected chi connectivity index (χ3v) is 6.45. The lowest BCUT2D eigenvalue weighted by Gasteiger charge is -2.30. The molecule has 0 spiro atoms. The van der Waals surface area contributed by atoms with Gasteiger partial charge in [-0.25, -0.2) is 8.42 Å². The maximum atomic E-state index is 12.7. The Hall–Kier alpha value is -3.00. The third kappa shape index (κ3) is 5.29. The monoisotopic (exact) mass is 414 g/mol. The predicted octanol–water partition coefficient (Wildman–Crippen LogP) is 1.30. The van der Waals surface area contributed by atoms with Gasteiger partial charge < -0.3 is 15.0 Å². The molecule has 2 amide bonds. The first kappa shape index (κ1) is 20.7. The highest BCUT2D eigenvalue weighted by Crippen LogP contribution is 2.19. The zero-order chi connectivity index (χ0) is 20.9. The molecule has 0 aromatic heterocycles. The zero-order valence-corrected chi connectivity index (χ0v) is 16.6. The van der Waals surface area contributed by atoms with Crippen LogP contribution in [0.2, 0.25) is 0 Å². The molecule has 0 saturated carbocycles. The first-order chi connectivity index (χ1) is 13.9. The number of benzene rings is 2. The van der Waals surface area contributed by atoms with Gasteiger partial charge in [-0.05, 0) is 23.3 Å². The minimum atomic E-state index is -3.13. The molecule has 0 radical (unpaired) electrons. The summed E-state index contributed by atoms with van der Waals surface area (Å²) < 4.78 is 23.1. The molecule has 1 aliphatic heterocycles. The molecule has 1 fully saturated rings. The Morgan fingerprint density at radius 1 is 0.966 bits per heavy atom. The molecule has 7 nitrogen and oxygen atoms in total. The molecule has 0 bridgehead atoms. The van der Waals surface area contributed by atoms with E-state index in [9.17, 15) is 22.8 Å². The van der Waals surface area contributed by atoms with Crippen molar-refractivity contribution < 1.29 is 22.8 Å². The summed E-state index contributed by atoms with van der Waals surface area (Å²) in [5.74, 6) is -1.13. The van der Waals surface area contributed by atoms with E-state index in [1.165, 1.54) is 4.90 Å². The summed E-state index contributed by atoms with van der Waals surface area (Å²) in [4.78, 5) is 37.6. The van der Waals surface area contributed by atoms with Crippen molar-refractivity contribution in [1.82, 2.24) is 10.2 Å². The molecule has 152 valence electrons. The molecular formula is C21H22N2O5S. The van der Waals surface area contributed by atoms with E-state index in [-0.39, 0.29) is 31.0 Å². The molecule has 1 saturated heterocycles. The van der Waals surface area contributed by atoms with Gasteiger partial charge in [0.05, 0.1) is 11.5 Å². The van der Waals surface area contributed by atoms with Crippen LogP contribution in [0.25, 0.3) is 11.1 Å². The van der Waals surface area contributed by atoms with Gasteiger partial charge in [0.1, 0.15) is 12.3 Å². The maximum absolute atomic E-state index is 12.7. The van der Waals surface area contributed by atoms with E-state index < -0.39 is 27.7 Å². The van der Waals surface area contributed by atoms with Crippen LogP contribution in [0.1, 0.15) is 16.8 Å². The van der Waals surface area contributed by atoms with Crippen molar-refractivity contribution in [2.75, 3.05) is 24.6 Å². The first-order valence-corrected chi connectivity index (χ1v) is 11.1. The van der Waals surface area contributed by atoms with Gasteiger partial charge >= 0.3 is 0 Å². The van der Waals surface area contributed by atoms with Crippen LogP contribution in [0.5, 0.6) is 0 Å². The second kappa shape index (κ2) is 9.00. The predicted molar refractivity (Wildman–Crippen MR) is 109 cm³/mol. The Kier molecular flexibility index (Phi) is 6.43. The van der Waals surface area contributed by atoms with Gasteiger partial charge in [0.2, 0.25) is 5.91 Å². The molecule has 0 aliphatic carbocycles. The average Bonchev–Trinajstić information content (AvgIpc) is 2.73. The molecule has 3 rings (SSSR count). The van der Waals surface area contributed by atoms with Crippen LogP contribution in [0.3, 0.4) is 0 Å². The number of nitrogens with zero attached hydrogens (tertiary/aromatic N) is 1. The van der Waals surface area contributed by atoms with Crippen LogP contribution in [0.15, 0.2) is 54.6 Å². The molecule has 29 heavy (non-hydrogen) atoms. The summed E-state index contributed by atoms with van der Waals surface area (Å²) in [5.41, 5.74) is 2.35. The van der Waals surface area contributed by atoms with Gasteiger partial charge in [-0.2, -0.15) is 0 Å². The molecule has 1 aliphatic rings. The number of hydrogen-bond acceptors (Lipinski definition) is 5. The summed E-state index contributed by atoms with van der Waals surface area (Å²) in [7, 11) is -3.13. The van der Waals surface area contributed by atoms with Crippen molar-refractivity contribution in [2.24, 2.45) is 0 Å². The van der Waals surface area contributed by atoms with Crippen molar-refractivity contribution in [3.8, 4) is 11.1 Å². The van der Waals surface area contributed by atoms with E-state index in [0.717, 1.165) is 11.1 Å². The van der Waals surface area contributed by atoms with Gasteiger partial charge in [-0.1, -0.05) is 42.5 Å². The van der Waals surface area contributed by atoms with Crippen molar-refractivity contribution in [2.45, 2.75) is 12.5 Å². The van der Waals surface area contributed by atoms with Crippen molar-refractivity contribution in [1.29, 1.82) is 0 Å². The number of carbonyl (C=O) groups is 3. The number of nitrogens with one attached hydrogen (secondary N) is 1. The van der Waals surface area contributed by atoms with E-state index in [1.54, 1.807) is 12.1 Å². The second-order valence-corrected chi connectivity index (χ2v) is 9.15. The number of rotatable bonds is 6. The summed E-state index contributed by atoms with van der Waals surface area (Å²) >= 11 is 0. The lowest BCUT2D eigenvalue weighted by atomic mass is 10.0. The van der Waals surface area contributed by atoms with Gasteiger partial charge in [0.25, 0.3) is 5.91 Å². The van der Waals surface area contributed by atoms with Crippen LogP contribution < -0.4 is 5.32 Å². The van der Waals surface area contributed by atoms with Gasteiger partial charge in [-0.15, -0.1) is 0 Å². The number of amides is 2. The maximum Gasteiger partial charge on any atom is 0.251 e. The largest absolute Gasteiger partial charge is 0.340 e. The fraction of sp³-hybridized carbons (Fsp3) is 0.286. The molecule has 1 heterocycles. The molecule has 0 unspecified atom stereocenters. The van der Waals surface area contributed by atoms with Crippen LogP contribution >= 0.6 is 0 Å². The Bertz CT molecular complexity index is 973. The van der Waals surface area contributed by atoms with Crippen molar-refractivity contribution >= 4 is 27.9 Å². The smallest absolute Gasteiger partial charge is 0.251 e. The van der Waals surface area contributed by atoms with E-state index in [2.05, 4.69) is 5.32 Å². The lowest BCUT2D eigenvalue weighted by molar-refractivity contribution is -0.134. The van der Waals surface area contributed by atoms with Crippen LogP contribution in [0, 0.1) is 0 Å². The zero-order valence-electron chi connectivity index (χ0n) is 15.8. The minimum absolute atomic E-state index is 0.0676. The first-order valence-electron chi connectivity index (χ1n) is 9.29. The fourth-order valence-corrected chi connectivity index (χ4v) is 4.36. The van der Waals surface area contributed by atoms with Crippen LogP contribution in [-0.2, 0) is 19.4 Å². The Morgan fingerprint density at radius 2 is 1.55 bits per heavy atom. The Morgan fingerprint density at radius 3 is 2.14 bits per heavy atom. The van der Waals surface area contributed by atoms with Gasteiger partial charge in [0, 0.05) is 25.1 Å². The number of sulfone groups is 1. The lowest BCUT2D eigenvalue weighted by Crippen LogP contribution is -2.53. The normalized spacial score (nSPS) is 16.6. The highest BCUT2D eigenvalue weighted by atomic mass is 32.2. The molecular weight excluding hydrogens is 392 g/mol. The topological polar surface area (TPSA) is 101 Å². The van der Waals surface area contributed by atoms with Crippen LogP contribution in [0.4, 0.5) is 0 Å². The highest BCUT2D eigenvalue weighted by Gasteiger charge is 2.30. The van der Waals surface area contributed by atoms with Crippen LogP contribution in [-0.4, -0.2) is 62.1 Å². The summed E-state index contributed by atoms with van der Waals surface area (Å²) in [5, 5.41) is 2.60. The highest BCUT2D eigenvalue weighted by molar-refractivity contribution is 7.91. The molecule has 2 aromatic carbocycles. The summed E-state index contributed by atoms with van der Waals surface area (Å²) in [6.45, 7) is 0.135. The standard InChI is InChI=1S/C21H22N2O5S/c24-13-10-19(21(26)23-11-14-29(27,28)15-12-23)22-20(25)18-8-6-17(7-9-18)16-4-2-1-3-5-16/h1-9,13,19H,10-12,14-15H2,(H,22,25)/t19-/m0/s1. The van der Waals surface area contributed by atoms with E-state index in [0.29, 0.717) is 11.8 Å². The number of aldehydes is 1. The van der Waals surface area contributed by atoms with E-state index >= 15 is 0 Å². The summed E-state index contributed by atoms with van der Waals surface area (Å²) in [6.07, 6.45) is 0.401. The average molecular weight is 414 g/mol. The Balaban J connectivity index is 1.67. The Labute approximate surface area is 169 Å².